The van der Waals surface area contributed by atoms with Crippen LogP contribution >= 0.6 is 0 Å². The molecular formula is C20H38O5Si. The molecule has 0 spiro atoms. The van der Waals surface area contributed by atoms with E-state index in [4.69, 9.17) is 13.9 Å². The van der Waals surface area contributed by atoms with Crippen molar-refractivity contribution >= 4 is 14.3 Å². The summed E-state index contributed by atoms with van der Waals surface area (Å²) in [6.45, 7) is 14.6. The van der Waals surface area contributed by atoms with Crippen molar-refractivity contribution in [3.8, 4) is 0 Å². The first-order chi connectivity index (χ1) is 12.1. The summed E-state index contributed by atoms with van der Waals surface area (Å²) >= 11 is 0. The van der Waals surface area contributed by atoms with Crippen molar-refractivity contribution in [3.63, 3.8) is 0 Å². The van der Waals surface area contributed by atoms with Crippen LogP contribution in [0, 0.1) is 5.92 Å². The van der Waals surface area contributed by atoms with Crippen molar-refractivity contribution in [2.75, 3.05) is 20.3 Å². The highest BCUT2D eigenvalue weighted by Gasteiger charge is 2.39. The number of hydrogen-bond donors (Lipinski definition) is 0. The Hall–Kier alpha value is -0.693. The van der Waals surface area contributed by atoms with Crippen LogP contribution in [0.25, 0.3) is 0 Å². The normalized spacial score (nSPS) is 24.8. The molecule has 152 valence electrons. The molecule has 1 rings (SSSR count). The number of methoxy groups -OCH3 is 1. The Balaban J connectivity index is 2.47. The van der Waals surface area contributed by atoms with Gasteiger partial charge in [0, 0.05) is 12.3 Å². The molecule has 0 aliphatic carbocycles. The van der Waals surface area contributed by atoms with Gasteiger partial charge in [0.25, 0.3) is 0 Å². The molecule has 6 heteroatoms. The van der Waals surface area contributed by atoms with Gasteiger partial charge in [0.05, 0.1) is 26.4 Å². The van der Waals surface area contributed by atoms with Crippen molar-refractivity contribution in [2.45, 2.75) is 83.9 Å². The Morgan fingerprint density at radius 1 is 1.27 bits per heavy atom. The Bertz CT molecular complexity index is 456. The zero-order valence-electron chi connectivity index (χ0n) is 17.7. The van der Waals surface area contributed by atoms with Crippen molar-refractivity contribution in [2.24, 2.45) is 5.92 Å². The fourth-order valence-electron chi connectivity index (χ4n) is 2.52. The van der Waals surface area contributed by atoms with Crippen molar-refractivity contribution < 1.29 is 23.4 Å². The van der Waals surface area contributed by atoms with E-state index in [1.54, 1.807) is 0 Å². The van der Waals surface area contributed by atoms with E-state index >= 15 is 0 Å². The van der Waals surface area contributed by atoms with Crippen LogP contribution in [0.15, 0.2) is 12.2 Å². The van der Waals surface area contributed by atoms with Gasteiger partial charge in [-0.3, -0.25) is 4.79 Å². The highest BCUT2D eigenvalue weighted by atomic mass is 28.4. The highest BCUT2D eigenvalue weighted by Crippen LogP contribution is 2.37. The maximum Gasteiger partial charge on any atom is 0.305 e. The average Bonchev–Trinajstić information content (AvgIpc) is 2.56. The van der Waals surface area contributed by atoms with Gasteiger partial charge in [-0.05, 0) is 44.3 Å². The molecule has 1 heterocycles. The van der Waals surface area contributed by atoms with E-state index in [1.165, 1.54) is 7.11 Å². The van der Waals surface area contributed by atoms with E-state index < -0.39 is 8.32 Å². The maximum atomic E-state index is 11.1. The minimum Gasteiger partial charge on any atom is -0.469 e. The predicted octanol–water partition coefficient (Wildman–Crippen LogP) is 4.68. The number of carbonyl (C=O) groups excluding carboxylic acids is 1. The monoisotopic (exact) mass is 386 g/mol. The second-order valence-electron chi connectivity index (χ2n) is 8.58. The molecule has 0 bridgehead atoms. The van der Waals surface area contributed by atoms with E-state index in [2.05, 4.69) is 50.8 Å². The fraction of sp³-hybridized carbons (Fsp3) is 0.850. The first-order valence-electron chi connectivity index (χ1n) is 9.69. The second kappa shape index (κ2) is 10.6. The summed E-state index contributed by atoms with van der Waals surface area (Å²) < 4.78 is 22.7. The smallest absolute Gasteiger partial charge is 0.305 e. The zero-order chi connectivity index (χ0) is 19.8. The molecule has 0 radical (unpaired) electrons. The predicted molar refractivity (Wildman–Crippen MR) is 107 cm³/mol. The average molecular weight is 387 g/mol. The third kappa shape index (κ3) is 7.90. The number of unbranched alkanes of at least 4 members (excludes halogenated alkanes) is 1. The van der Waals surface area contributed by atoms with Gasteiger partial charge in [-0.25, -0.2) is 0 Å². The molecule has 0 N–H and O–H groups in total. The SMILES string of the molecule is COC(=O)CCC/C=C\CC1COC(C)OC1CO[Si](C)(C)C(C)(C)C. The molecule has 5 nitrogen and oxygen atoms in total. The quantitative estimate of drug-likeness (QED) is 0.249. The molecule has 1 saturated heterocycles. The minimum atomic E-state index is -1.79. The second-order valence-corrected chi connectivity index (χ2v) is 13.4. The van der Waals surface area contributed by atoms with Gasteiger partial charge < -0.3 is 18.6 Å². The summed E-state index contributed by atoms with van der Waals surface area (Å²) in [5, 5.41) is 0.193. The van der Waals surface area contributed by atoms with Crippen LogP contribution in [0.1, 0.15) is 53.4 Å². The number of hydrogen-bond acceptors (Lipinski definition) is 5. The van der Waals surface area contributed by atoms with E-state index in [0.717, 1.165) is 19.3 Å². The molecule has 0 aromatic heterocycles. The van der Waals surface area contributed by atoms with Gasteiger partial charge in [0.15, 0.2) is 14.6 Å². The molecule has 0 amide bonds. The van der Waals surface area contributed by atoms with Crippen molar-refractivity contribution in [1.82, 2.24) is 0 Å². The lowest BCUT2D eigenvalue weighted by Crippen LogP contribution is -2.47. The zero-order valence-corrected chi connectivity index (χ0v) is 18.7. The Morgan fingerprint density at radius 3 is 2.58 bits per heavy atom. The van der Waals surface area contributed by atoms with Crippen LogP contribution in [0.2, 0.25) is 18.1 Å². The Kier molecular flexibility index (Phi) is 9.51. The molecule has 1 aliphatic heterocycles. The van der Waals surface area contributed by atoms with Gasteiger partial charge >= 0.3 is 5.97 Å². The molecule has 3 unspecified atom stereocenters. The minimum absolute atomic E-state index is 0.0626. The lowest BCUT2D eigenvalue weighted by atomic mass is 9.98. The summed E-state index contributed by atoms with van der Waals surface area (Å²) in [7, 11) is -0.362. The topological polar surface area (TPSA) is 54.0 Å². The third-order valence-electron chi connectivity index (χ3n) is 5.44. The number of allylic oxidation sites excluding steroid dienone is 2. The van der Waals surface area contributed by atoms with Crippen molar-refractivity contribution in [1.29, 1.82) is 0 Å². The van der Waals surface area contributed by atoms with Crippen LogP contribution in [0.3, 0.4) is 0 Å². The summed E-state index contributed by atoms with van der Waals surface area (Å²) in [6, 6.07) is 0. The standard InChI is InChI=1S/C20H38O5Si/c1-16-23-14-17(12-10-8-9-11-13-19(21)22-5)18(25-16)15-24-26(6,7)20(2,3)4/h8,10,16-18H,9,11-15H2,1-7H3/b10-8-. The van der Waals surface area contributed by atoms with E-state index in [0.29, 0.717) is 25.6 Å². The van der Waals surface area contributed by atoms with Gasteiger partial charge in [-0.2, -0.15) is 0 Å². The molecule has 1 fully saturated rings. The molecule has 26 heavy (non-hydrogen) atoms. The third-order valence-corrected chi connectivity index (χ3v) is 9.94. The Labute approximate surface area is 160 Å². The van der Waals surface area contributed by atoms with Crippen LogP contribution < -0.4 is 0 Å². The fourth-order valence-corrected chi connectivity index (χ4v) is 3.53. The molecule has 0 aromatic rings. The van der Waals surface area contributed by atoms with Crippen LogP contribution in [0.4, 0.5) is 0 Å². The maximum absolute atomic E-state index is 11.1. The van der Waals surface area contributed by atoms with Crippen LogP contribution in [0.5, 0.6) is 0 Å². The first kappa shape index (κ1) is 23.3. The lowest BCUT2D eigenvalue weighted by molar-refractivity contribution is -0.233. The molecular weight excluding hydrogens is 348 g/mol. The number of carbonyl (C=O) groups is 1. The van der Waals surface area contributed by atoms with Gasteiger partial charge in [0.2, 0.25) is 0 Å². The molecule has 0 aromatic carbocycles. The largest absolute Gasteiger partial charge is 0.469 e. The van der Waals surface area contributed by atoms with E-state index in [9.17, 15) is 4.79 Å². The van der Waals surface area contributed by atoms with E-state index in [1.807, 2.05) is 6.92 Å². The molecule has 0 saturated carbocycles. The van der Waals surface area contributed by atoms with Crippen LogP contribution in [-0.2, 0) is 23.4 Å². The van der Waals surface area contributed by atoms with Crippen molar-refractivity contribution in [3.05, 3.63) is 12.2 Å². The highest BCUT2D eigenvalue weighted by molar-refractivity contribution is 6.74. The summed E-state index contributed by atoms with van der Waals surface area (Å²) in [4.78, 5) is 11.1. The molecule has 3 atom stereocenters. The Morgan fingerprint density at radius 2 is 1.96 bits per heavy atom. The van der Waals surface area contributed by atoms with Gasteiger partial charge in [0.1, 0.15) is 0 Å². The number of rotatable bonds is 9. The van der Waals surface area contributed by atoms with Crippen LogP contribution in [-0.4, -0.2) is 47.0 Å². The van der Waals surface area contributed by atoms with Gasteiger partial charge in [-0.1, -0.05) is 32.9 Å². The summed E-state index contributed by atoms with van der Waals surface area (Å²) in [5.74, 6) is 0.150. The number of ether oxygens (including phenoxy) is 3. The van der Waals surface area contributed by atoms with E-state index in [-0.39, 0.29) is 23.4 Å². The molecule has 1 aliphatic rings. The lowest BCUT2D eigenvalue weighted by Gasteiger charge is -2.40. The summed E-state index contributed by atoms with van der Waals surface area (Å²) in [5.41, 5.74) is 0. The number of esters is 1. The summed E-state index contributed by atoms with van der Waals surface area (Å²) in [6.07, 6.45) is 7.25. The first-order valence-corrected chi connectivity index (χ1v) is 12.6. The van der Waals surface area contributed by atoms with Gasteiger partial charge in [-0.15, -0.1) is 0 Å².